The van der Waals surface area contributed by atoms with Gasteiger partial charge in [-0.1, -0.05) is 46.3 Å². The predicted molar refractivity (Wildman–Crippen MR) is 151 cm³/mol. The molecule has 3 rings (SSSR count). The number of fused-ring (bicyclic) bond motifs is 1. The number of ether oxygens (including phenoxy) is 2. The Kier molecular flexibility index (Phi) is 10.8. The number of hydrogen-bond acceptors (Lipinski definition) is 6. The standard InChI is InChI=1S/C31H50N2O6/c1-7-11-13-14-19-38-29(37)25-24-27(35)33(23(21-34)20-22(5)6)26(28(36)32(17-9-3)18-12-8-2)31(24)16-15-30(25,10-4)39-31/h7,9,22-26,34H,1,3,8,10-21H2,2,4-6H3/t23-,24+,25-,26?,30+,31?/m1/s1. The minimum absolute atomic E-state index is 0.188. The summed E-state index contributed by atoms with van der Waals surface area (Å²) in [5, 5.41) is 10.5. The minimum atomic E-state index is -1.12. The summed E-state index contributed by atoms with van der Waals surface area (Å²) in [5.74, 6) is -2.26. The maximum absolute atomic E-state index is 14.4. The SMILES string of the molecule is C=CCCCCOC(=O)[C@H]1[C@H]2C(=O)N([C@@H](CO)CC(C)C)C(C(=O)N(CC=C)CCCC)C23CC[C@]1(CC)O3. The fraction of sp³-hybridized carbons (Fsp3) is 0.774. The van der Waals surface area contributed by atoms with Crippen LogP contribution in [-0.4, -0.2) is 82.3 Å². The Morgan fingerprint density at radius 3 is 2.54 bits per heavy atom. The van der Waals surface area contributed by atoms with Crippen LogP contribution in [0.15, 0.2) is 25.3 Å². The van der Waals surface area contributed by atoms with Crippen molar-refractivity contribution in [1.29, 1.82) is 0 Å². The zero-order chi connectivity index (χ0) is 28.8. The Balaban J connectivity index is 2.04. The second-order valence-corrected chi connectivity index (χ2v) is 11.9. The number of aliphatic hydroxyl groups excluding tert-OH is 1. The summed E-state index contributed by atoms with van der Waals surface area (Å²) < 4.78 is 12.6. The largest absolute Gasteiger partial charge is 0.465 e. The second-order valence-electron chi connectivity index (χ2n) is 11.9. The number of rotatable bonds is 17. The van der Waals surface area contributed by atoms with Crippen molar-refractivity contribution in [3.05, 3.63) is 25.3 Å². The van der Waals surface area contributed by atoms with E-state index in [4.69, 9.17) is 9.47 Å². The number of esters is 1. The lowest BCUT2D eigenvalue weighted by Gasteiger charge is -2.40. The van der Waals surface area contributed by atoms with Crippen LogP contribution in [0.4, 0.5) is 0 Å². The third kappa shape index (κ3) is 5.83. The van der Waals surface area contributed by atoms with Crippen molar-refractivity contribution in [2.75, 3.05) is 26.3 Å². The fourth-order valence-corrected chi connectivity index (χ4v) is 7.13. The molecule has 0 aromatic carbocycles. The fourth-order valence-electron chi connectivity index (χ4n) is 7.13. The molecule has 6 atom stereocenters. The molecule has 220 valence electrons. The molecule has 1 N–H and O–H groups in total. The van der Waals surface area contributed by atoms with Gasteiger partial charge in [0.25, 0.3) is 0 Å². The summed E-state index contributed by atoms with van der Waals surface area (Å²) in [6, 6.07) is -1.44. The highest BCUT2D eigenvalue weighted by Crippen LogP contribution is 2.65. The molecule has 3 fully saturated rings. The average molecular weight is 547 g/mol. The smallest absolute Gasteiger partial charge is 0.312 e. The van der Waals surface area contributed by atoms with Crippen LogP contribution in [0.5, 0.6) is 0 Å². The molecule has 8 heteroatoms. The highest BCUT2D eigenvalue weighted by Gasteiger charge is 2.79. The van der Waals surface area contributed by atoms with Crippen molar-refractivity contribution in [3.8, 4) is 0 Å². The van der Waals surface area contributed by atoms with Gasteiger partial charge in [-0.3, -0.25) is 14.4 Å². The molecule has 1 spiro atoms. The summed E-state index contributed by atoms with van der Waals surface area (Å²) in [6.07, 6.45) is 9.94. The van der Waals surface area contributed by atoms with E-state index in [0.29, 0.717) is 38.8 Å². The molecular weight excluding hydrogens is 496 g/mol. The second kappa shape index (κ2) is 13.4. The number of likely N-dealkylation sites (tertiary alicyclic amines) is 1. The van der Waals surface area contributed by atoms with Crippen LogP contribution < -0.4 is 0 Å². The first-order chi connectivity index (χ1) is 18.7. The third-order valence-corrected chi connectivity index (χ3v) is 8.94. The molecule has 39 heavy (non-hydrogen) atoms. The number of amides is 2. The molecule has 2 amide bonds. The number of carbonyl (C=O) groups excluding carboxylic acids is 3. The summed E-state index contributed by atoms with van der Waals surface area (Å²) in [4.78, 5) is 45.7. The van der Waals surface area contributed by atoms with E-state index in [2.05, 4.69) is 20.1 Å². The average Bonchev–Trinajstić information content (AvgIpc) is 3.52. The van der Waals surface area contributed by atoms with Crippen LogP contribution in [0.25, 0.3) is 0 Å². The summed E-state index contributed by atoms with van der Waals surface area (Å²) >= 11 is 0. The lowest BCUT2D eigenvalue weighted by atomic mass is 9.65. The zero-order valence-electron chi connectivity index (χ0n) is 24.5. The first kappa shape index (κ1) is 31.3. The lowest BCUT2D eigenvalue weighted by molar-refractivity contribution is -0.164. The molecule has 8 nitrogen and oxygen atoms in total. The van der Waals surface area contributed by atoms with E-state index in [9.17, 15) is 19.5 Å². The van der Waals surface area contributed by atoms with Gasteiger partial charge in [0, 0.05) is 13.1 Å². The molecule has 2 unspecified atom stereocenters. The number of allylic oxidation sites excluding steroid dienone is 1. The van der Waals surface area contributed by atoms with E-state index < -0.39 is 41.1 Å². The maximum atomic E-state index is 14.4. The number of hydrogen-bond donors (Lipinski definition) is 1. The van der Waals surface area contributed by atoms with Crippen molar-refractivity contribution in [1.82, 2.24) is 9.80 Å². The quantitative estimate of drug-likeness (QED) is 0.166. The Labute approximate surface area is 234 Å². The van der Waals surface area contributed by atoms with Gasteiger partial charge in [0.2, 0.25) is 11.8 Å². The van der Waals surface area contributed by atoms with Gasteiger partial charge in [-0.05, 0) is 57.3 Å². The molecule has 3 heterocycles. The maximum Gasteiger partial charge on any atom is 0.312 e. The van der Waals surface area contributed by atoms with Gasteiger partial charge in [0.15, 0.2) is 0 Å². The summed E-state index contributed by atoms with van der Waals surface area (Å²) in [5.41, 5.74) is -1.95. The first-order valence-electron chi connectivity index (χ1n) is 15.0. The van der Waals surface area contributed by atoms with Gasteiger partial charge in [-0.25, -0.2) is 0 Å². The van der Waals surface area contributed by atoms with Crippen LogP contribution in [0.2, 0.25) is 0 Å². The van der Waals surface area contributed by atoms with E-state index in [1.807, 2.05) is 26.8 Å². The van der Waals surface area contributed by atoms with Crippen LogP contribution in [0.3, 0.4) is 0 Å². The van der Waals surface area contributed by atoms with E-state index in [1.54, 1.807) is 15.9 Å². The third-order valence-electron chi connectivity index (χ3n) is 8.94. The Morgan fingerprint density at radius 2 is 1.95 bits per heavy atom. The summed E-state index contributed by atoms with van der Waals surface area (Å²) in [6.45, 7) is 16.6. The van der Waals surface area contributed by atoms with Gasteiger partial charge in [-0.2, -0.15) is 0 Å². The van der Waals surface area contributed by atoms with Crippen molar-refractivity contribution in [2.24, 2.45) is 17.8 Å². The van der Waals surface area contributed by atoms with Crippen LogP contribution >= 0.6 is 0 Å². The highest BCUT2D eigenvalue weighted by atomic mass is 16.6. The predicted octanol–water partition coefficient (Wildman–Crippen LogP) is 4.26. The molecule has 0 aromatic rings. The molecule has 3 aliphatic heterocycles. The van der Waals surface area contributed by atoms with Gasteiger partial charge >= 0.3 is 5.97 Å². The van der Waals surface area contributed by atoms with Crippen LogP contribution in [0.1, 0.15) is 85.5 Å². The molecular formula is C31H50N2O6. The zero-order valence-corrected chi connectivity index (χ0v) is 24.5. The topological polar surface area (TPSA) is 96.4 Å². The van der Waals surface area contributed by atoms with Crippen molar-refractivity contribution in [2.45, 2.75) is 109 Å². The van der Waals surface area contributed by atoms with Gasteiger partial charge in [-0.15, -0.1) is 13.2 Å². The van der Waals surface area contributed by atoms with E-state index >= 15 is 0 Å². The lowest BCUT2D eigenvalue weighted by Crippen LogP contribution is -2.59. The molecule has 2 bridgehead atoms. The molecule has 0 saturated carbocycles. The molecule has 0 aromatic heterocycles. The Morgan fingerprint density at radius 1 is 1.21 bits per heavy atom. The van der Waals surface area contributed by atoms with Crippen molar-refractivity contribution >= 4 is 17.8 Å². The van der Waals surface area contributed by atoms with Gasteiger partial charge in [0.05, 0.1) is 30.8 Å². The molecule has 0 aliphatic carbocycles. The van der Waals surface area contributed by atoms with Gasteiger partial charge in [0.1, 0.15) is 17.6 Å². The number of aliphatic hydroxyl groups is 1. The molecule has 0 radical (unpaired) electrons. The van der Waals surface area contributed by atoms with E-state index in [1.165, 1.54) is 0 Å². The number of unbranched alkanes of at least 4 members (excludes halogenated alkanes) is 3. The van der Waals surface area contributed by atoms with E-state index in [-0.39, 0.29) is 30.9 Å². The van der Waals surface area contributed by atoms with Crippen molar-refractivity contribution < 1.29 is 29.0 Å². The van der Waals surface area contributed by atoms with E-state index in [0.717, 1.165) is 32.1 Å². The monoisotopic (exact) mass is 546 g/mol. The molecule has 3 aliphatic rings. The highest BCUT2D eigenvalue weighted by molar-refractivity contribution is 5.98. The normalized spacial score (nSPS) is 29.9. The van der Waals surface area contributed by atoms with Gasteiger partial charge < -0.3 is 24.4 Å². The molecule has 3 saturated heterocycles. The van der Waals surface area contributed by atoms with Crippen molar-refractivity contribution in [3.63, 3.8) is 0 Å². The first-order valence-corrected chi connectivity index (χ1v) is 15.0. The Bertz CT molecular complexity index is 906. The Hall–Kier alpha value is -2.19. The summed E-state index contributed by atoms with van der Waals surface area (Å²) in [7, 11) is 0. The minimum Gasteiger partial charge on any atom is -0.465 e. The van der Waals surface area contributed by atoms with Crippen LogP contribution in [0, 0.1) is 17.8 Å². The van der Waals surface area contributed by atoms with Crippen LogP contribution in [-0.2, 0) is 23.9 Å². The number of nitrogens with zero attached hydrogens (tertiary/aromatic N) is 2. The number of carbonyl (C=O) groups is 3.